The zero-order chi connectivity index (χ0) is 21.7. The van der Waals surface area contributed by atoms with E-state index in [1.807, 2.05) is 48.7 Å². The Kier molecular flexibility index (Phi) is 7.26. The number of para-hydroxylation sites is 1. The van der Waals surface area contributed by atoms with E-state index in [2.05, 4.69) is 24.0 Å². The van der Waals surface area contributed by atoms with E-state index in [9.17, 15) is 9.18 Å². The van der Waals surface area contributed by atoms with E-state index in [1.165, 1.54) is 17.8 Å². The Morgan fingerprint density at radius 3 is 2.37 bits per heavy atom. The molecule has 30 heavy (non-hydrogen) atoms. The first-order valence-corrected chi connectivity index (χ1v) is 11.0. The van der Waals surface area contributed by atoms with E-state index < -0.39 is 0 Å². The van der Waals surface area contributed by atoms with Crippen LogP contribution in [0.3, 0.4) is 0 Å². The molecule has 1 heterocycles. The Bertz CT molecular complexity index is 990. The van der Waals surface area contributed by atoms with Gasteiger partial charge in [-0.3, -0.25) is 4.79 Å². The molecule has 0 saturated heterocycles. The van der Waals surface area contributed by atoms with Crippen molar-refractivity contribution in [3.8, 4) is 11.4 Å². The molecule has 158 valence electrons. The summed E-state index contributed by atoms with van der Waals surface area (Å²) in [4.78, 5) is 14.9. The third-order valence-corrected chi connectivity index (χ3v) is 5.73. The first kappa shape index (κ1) is 22.0. The zero-order valence-corrected chi connectivity index (χ0v) is 18.6. The Morgan fingerprint density at radius 2 is 1.73 bits per heavy atom. The number of carbonyl (C=O) groups is 1. The van der Waals surface area contributed by atoms with Crippen LogP contribution in [-0.2, 0) is 11.3 Å². The fourth-order valence-electron chi connectivity index (χ4n) is 3.25. The number of nitrogens with zero attached hydrogens (tertiary/aromatic N) is 4. The first-order valence-electron chi connectivity index (χ1n) is 10.1. The number of hydrogen-bond acceptors (Lipinski definition) is 4. The SMILES string of the molecule is CCN(C(=O)C(C)Sc1nnc(-c2ccccc2F)n1CC(C)C)c1ccccc1. The second-order valence-corrected chi connectivity index (χ2v) is 8.78. The minimum absolute atomic E-state index is 0.000221. The van der Waals surface area contributed by atoms with Gasteiger partial charge in [0.2, 0.25) is 5.91 Å². The average molecular weight is 427 g/mol. The summed E-state index contributed by atoms with van der Waals surface area (Å²) in [5.41, 5.74) is 1.28. The van der Waals surface area contributed by atoms with Gasteiger partial charge in [0.1, 0.15) is 5.82 Å². The number of rotatable bonds is 8. The van der Waals surface area contributed by atoms with Gasteiger partial charge in [0.15, 0.2) is 11.0 Å². The fraction of sp³-hybridized carbons (Fsp3) is 0.348. The normalized spacial score (nSPS) is 12.2. The molecule has 0 aliphatic heterocycles. The van der Waals surface area contributed by atoms with Gasteiger partial charge in [0.05, 0.1) is 10.8 Å². The van der Waals surface area contributed by atoms with Gasteiger partial charge in [0.25, 0.3) is 0 Å². The molecule has 3 rings (SSSR count). The van der Waals surface area contributed by atoms with Crippen molar-refractivity contribution in [2.75, 3.05) is 11.4 Å². The van der Waals surface area contributed by atoms with Gasteiger partial charge in [0, 0.05) is 18.8 Å². The molecule has 0 saturated carbocycles. The zero-order valence-electron chi connectivity index (χ0n) is 17.7. The van der Waals surface area contributed by atoms with Crippen molar-refractivity contribution in [2.45, 2.75) is 44.6 Å². The molecule has 0 N–H and O–H groups in total. The lowest BCUT2D eigenvalue weighted by molar-refractivity contribution is -0.117. The van der Waals surface area contributed by atoms with Gasteiger partial charge in [-0.2, -0.15) is 0 Å². The highest BCUT2D eigenvalue weighted by atomic mass is 32.2. The van der Waals surface area contributed by atoms with Crippen LogP contribution in [0.1, 0.15) is 27.7 Å². The number of benzene rings is 2. The van der Waals surface area contributed by atoms with Crippen LogP contribution in [0.15, 0.2) is 59.8 Å². The van der Waals surface area contributed by atoms with Crippen molar-refractivity contribution in [2.24, 2.45) is 5.92 Å². The van der Waals surface area contributed by atoms with Crippen molar-refractivity contribution in [3.63, 3.8) is 0 Å². The molecule has 1 unspecified atom stereocenters. The second kappa shape index (κ2) is 9.89. The lowest BCUT2D eigenvalue weighted by atomic mass is 10.2. The fourth-order valence-corrected chi connectivity index (χ4v) is 4.17. The summed E-state index contributed by atoms with van der Waals surface area (Å²) >= 11 is 1.36. The minimum atomic E-state index is -0.367. The summed E-state index contributed by atoms with van der Waals surface area (Å²) in [6.45, 7) is 9.21. The molecule has 2 aromatic carbocycles. The van der Waals surface area contributed by atoms with Crippen molar-refractivity contribution in [1.82, 2.24) is 14.8 Å². The van der Waals surface area contributed by atoms with E-state index in [-0.39, 0.29) is 17.0 Å². The highest BCUT2D eigenvalue weighted by Crippen LogP contribution is 2.30. The Balaban J connectivity index is 1.88. The van der Waals surface area contributed by atoms with Crippen LogP contribution in [0.2, 0.25) is 0 Å². The lowest BCUT2D eigenvalue weighted by Gasteiger charge is -2.24. The summed E-state index contributed by atoms with van der Waals surface area (Å²) in [7, 11) is 0. The standard InChI is InChI=1S/C23H27FN4OS/c1-5-27(18-11-7-6-8-12-18)22(29)17(4)30-23-26-25-21(28(23)15-16(2)3)19-13-9-10-14-20(19)24/h6-14,16-17H,5,15H2,1-4H3. The average Bonchev–Trinajstić information content (AvgIpc) is 3.11. The molecule has 0 aliphatic rings. The van der Waals surface area contributed by atoms with Gasteiger partial charge in [-0.25, -0.2) is 4.39 Å². The van der Waals surface area contributed by atoms with E-state index in [4.69, 9.17) is 0 Å². The minimum Gasteiger partial charge on any atom is -0.312 e. The highest BCUT2D eigenvalue weighted by Gasteiger charge is 2.25. The highest BCUT2D eigenvalue weighted by molar-refractivity contribution is 8.00. The smallest absolute Gasteiger partial charge is 0.240 e. The van der Waals surface area contributed by atoms with Crippen molar-refractivity contribution >= 4 is 23.4 Å². The summed E-state index contributed by atoms with van der Waals surface area (Å²) in [5, 5.41) is 8.82. The lowest BCUT2D eigenvalue weighted by Crippen LogP contribution is -2.36. The molecule has 0 radical (unpaired) electrons. The molecule has 0 spiro atoms. The maximum Gasteiger partial charge on any atom is 0.240 e. The van der Waals surface area contributed by atoms with Crippen LogP contribution in [0.5, 0.6) is 0 Å². The molecule has 5 nitrogen and oxygen atoms in total. The molecule has 3 aromatic rings. The van der Waals surface area contributed by atoms with Gasteiger partial charge >= 0.3 is 0 Å². The number of halogens is 1. The van der Waals surface area contributed by atoms with Gasteiger partial charge in [-0.05, 0) is 44.0 Å². The quantitative estimate of drug-likeness (QED) is 0.460. The Morgan fingerprint density at radius 1 is 1.07 bits per heavy atom. The van der Waals surface area contributed by atoms with Gasteiger partial charge in [-0.15, -0.1) is 10.2 Å². The van der Waals surface area contributed by atoms with Gasteiger partial charge < -0.3 is 9.47 Å². The van der Waals surface area contributed by atoms with Crippen LogP contribution in [-0.4, -0.2) is 32.5 Å². The molecule has 1 atom stereocenters. The third-order valence-electron chi connectivity index (χ3n) is 4.66. The van der Waals surface area contributed by atoms with Crippen LogP contribution < -0.4 is 4.90 Å². The second-order valence-electron chi connectivity index (χ2n) is 7.47. The number of anilines is 1. The summed E-state index contributed by atoms with van der Waals surface area (Å²) < 4.78 is 16.3. The first-order chi connectivity index (χ1) is 14.4. The van der Waals surface area contributed by atoms with Gasteiger partial charge in [-0.1, -0.05) is 55.9 Å². The number of carbonyl (C=O) groups excluding carboxylic acids is 1. The summed E-state index contributed by atoms with van der Waals surface area (Å²) in [6, 6.07) is 16.2. The van der Waals surface area contributed by atoms with Crippen molar-refractivity contribution < 1.29 is 9.18 Å². The maximum atomic E-state index is 14.4. The summed E-state index contributed by atoms with van der Waals surface area (Å²) in [6.07, 6.45) is 0. The van der Waals surface area contributed by atoms with Crippen LogP contribution in [0, 0.1) is 11.7 Å². The molecule has 0 fully saturated rings. The monoisotopic (exact) mass is 426 g/mol. The maximum absolute atomic E-state index is 14.4. The number of thioether (sulfide) groups is 1. The number of amides is 1. The van der Waals surface area contributed by atoms with E-state index in [1.54, 1.807) is 23.1 Å². The molecular weight excluding hydrogens is 399 g/mol. The van der Waals surface area contributed by atoms with E-state index >= 15 is 0 Å². The van der Waals surface area contributed by atoms with Crippen molar-refractivity contribution in [3.05, 3.63) is 60.4 Å². The molecule has 7 heteroatoms. The molecule has 0 bridgehead atoms. The van der Waals surface area contributed by atoms with E-state index in [0.717, 1.165) is 5.69 Å². The van der Waals surface area contributed by atoms with Crippen molar-refractivity contribution in [1.29, 1.82) is 0 Å². The van der Waals surface area contributed by atoms with Crippen LogP contribution in [0.25, 0.3) is 11.4 Å². The number of hydrogen-bond donors (Lipinski definition) is 0. The Hall–Kier alpha value is -2.67. The topological polar surface area (TPSA) is 51.0 Å². The van der Waals surface area contributed by atoms with Crippen LogP contribution >= 0.6 is 11.8 Å². The molecule has 0 aliphatic carbocycles. The molecular formula is C23H27FN4OS. The predicted molar refractivity (Wildman–Crippen MR) is 120 cm³/mol. The molecule has 1 aromatic heterocycles. The predicted octanol–water partition coefficient (Wildman–Crippen LogP) is 5.27. The van der Waals surface area contributed by atoms with E-state index in [0.29, 0.717) is 35.6 Å². The Labute approximate surface area is 181 Å². The number of aromatic nitrogens is 3. The largest absolute Gasteiger partial charge is 0.312 e. The summed E-state index contributed by atoms with van der Waals surface area (Å²) in [5.74, 6) is 0.463. The third kappa shape index (κ3) is 4.90. The van der Waals surface area contributed by atoms with Crippen LogP contribution in [0.4, 0.5) is 10.1 Å². The molecule has 1 amide bonds.